The smallest absolute Gasteiger partial charge is 0.350 e. The van der Waals surface area contributed by atoms with E-state index in [1.807, 2.05) is 6.07 Å². The van der Waals surface area contributed by atoms with Crippen LogP contribution in [0, 0.1) is 0 Å². The van der Waals surface area contributed by atoms with E-state index in [4.69, 9.17) is 25.8 Å². The quantitative estimate of drug-likeness (QED) is 0.775. The highest BCUT2D eigenvalue weighted by Crippen LogP contribution is 2.37. The Hall–Kier alpha value is -1.83. The molecule has 1 aromatic carbocycles. The lowest BCUT2D eigenvalue weighted by molar-refractivity contribution is -0.138. The topological polar surface area (TPSA) is 65.1 Å². The van der Waals surface area contributed by atoms with E-state index >= 15 is 0 Å². The first-order chi connectivity index (χ1) is 11.6. The fourth-order valence-corrected chi connectivity index (χ4v) is 3.83. The molecule has 6 nitrogen and oxygen atoms in total. The lowest BCUT2D eigenvalue weighted by atomic mass is 10.2. The monoisotopic (exact) mass is 369 g/mol. The predicted octanol–water partition coefficient (Wildman–Crippen LogP) is 2.58. The Morgan fingerprint density at radius 2 is 2.08 bits per heavy atom. The minimum Gasteiger partial charge on any atom is -0.497 e. The summed E-state index contributed by atoms with van der Waals surface area (Å²) in [7, 11) is 1.57. The highest BCUT2D eigenvalue weighted by Gasteiger charge is 2.22. The van der Waals surface area contributed by atoms with E-state index in [0.717, 1.165) is 10.1 Å². The molecule has 0 spiro atoms. The van der Waals surface area contributed by atoms with E-state index in [-0.39, 0.29) is 17.4 Å². The molecule has 8 heteroatoms. The second-order valence-electron chi connectivity index (χ2n) is 5.18. The van der Waals surface area contributed by atoms with Gasteiger partial charge in [-0.2, -0.15) is 0 Å². The van der Waals surface area contributed by atoms with Crippen LogP contribution in [0.2, 0.25) is 5.02 Å². The molecular formula is C16H16ClNO5S. The number of hydrogen-bond donors (Lipinski definition) is 0. The molecule has 1 aliphatic rings. The number of benzene rings is 1. The number of morpholine rings is 1. The molecule has 2 heterocycles. The van der Waals surface area contributed by atoms with Gasteiger partial charge in [0.15, 0.2) is 6.61 Å². The number of methoxy groups -OCH3 is 1. The van der Waals surface area contributed by atoms with E-state index in [1.54, 1.807) is 24.1 Å². The van der Waals surface area contributed by atoms with Crippen LogP contribution in [0.5, 0.6) is 5.75 Å². The largest absolute Gasteiger partial charge is 0.497 e. The van der Waals surface area contributed by atoms with Gasteiger partial charge in [-0.1, -0.05) is 11.6 Å². The number of halogens is 1. The second kappa shape index (κ2) is 7.38. The van der Waals surface area contributed by atoms with Gasteiger partial charge >= 0.3 is 5.97 Å². The molecule has 0 radical (unpaired) electrons. The maximum absolute atomic E-state index is 12.3. The number of nitrogens with zero attached hydrogens (tertiary/aromatic N) is 1. The normalized spacial score (nSPS) is 14.7. The van der Waals surface area contributed by atoms with E-state index in [9.17, 15) is 9.59 Å². The van der Waals surface area contributed by atoms with Crippen LogP contribution in [0.1, 0.15) is 9.67 Å². The SMILES string of the molecule is COc1ccc2c(Cl)c(C(=O)OCC(=O)N3CCOCC3)sc2c1. The zero-order valence-corrected chi connectivity index (χ0v) is 14.6. The van der Waals surface area contributed by atoms with Gasteiger partial charge in [0.05, 0.1) is 25.3 Å². The van der Waals surface area contributed by atoms with Crippen molar-refractivity contribution in [2.45, 2.75) is 0 Å². The highest BCUT2D eigenvalue weighted by atomic mass is 35.5. The molecular weight excluding hydrogens is 354 g/mol. The number of carbonyl (C=O) groups is 2. The van der Waals surface area contributed by atoms with Crippen molar-refractivity contribution in [2.24, 2.45) is 0 Å². The minimum atomic E-state index is -0.596. The molecule has 3 rings (SSSR count). The molecule has 1 aromatic heterocycles. The first-order valence-corrected chi connectivity index (χ1v) is 8.58. The first-order valence-electron chi connectivity index (χ1n) is 7.39. The number of carbonyl (C=O) groups excluding carboxylic acids is 2. The van der Waals surface area contributed by atoms with Crippen LogP contribution < -0.4 is 4.74 Å². The molecule has 1 saturated heterocycles. The van der Waals surface area contributed by atoms with Crippen molar-refractivity contribution >= 4 is 44.9 Å². The summed E-state index contributed by atoms with van der Waals surface area (Å²) in [6.07, 6.45) is 0. The fraction of sp³-hybridized carbons (Fsp3) is 0.375. The Kier molecular flexibility index (Phi) is 5.23. The van der Waals surface area contributed by atoms with Crippen molar-refractivity contribution in [3.8, 4) is 5.75 Å². The Morgan fingerprint density at radius 1 is 1.33 bits per heavy atom. The Balaban J connectivity index is 1.69. The Bertz CT molecular complexity index is 769. The van der Waals surface area contributed by atoms with Gasteiger partial charge in [0.25, 0.3) is 5.91 Å². The lowest BCUT2D eigenvalue weighted by Crippen LogP contribution is -2.42. The second-order valence-corrected chi connectivity index (χ2v) is 6.61. The van der Waals surface area contributed by atoms with Crippen molar-refractivity contribution in [1.82, 2.24) is 4.90 Å². The molecule has 2 aromatic rings. The molecule has 24 heavy (non-hydrogen) atoms. The number of thiophene rings is 1. The van der Waals surface area contributed by atoms with Crippen LogP contribution in [0.3, 0.4) is 0 Å². The van der Waals surface area contributed by atoms with Gasteiger partial charge in [0.1, 0.15) is 10.6 Å². The number of fused-ring (bicyclic) bond motifs is 1. The summed E-state index contributed by atoms with van der Waals surface area (Å²) >= 11 is 7.49. The third-order valence-corrected chi connectivity index (χ3v) is 5.35. The van der Waals surface area contributed by atoms with Crippen molar-refractivity contribution in [3.05, 3.63) is 28.1 Å². The van der Waals surface area contributed by atoms with Gasteiger partial charge in [0, 0.05) is 23.2 Å². The lowest BCUT2D eigenvalue weighted by Gasteiger charge is -2.26. The van der Waals surface area contributed by atoms with E-state index in [0.29, 0.717) is 37.1 Å². The summed E-state index contributed by atoms with van der Waals surface area (Å²) in [6.45, 7) is 1.74. The van der Waals surface area contributed by atoms with Crippen LogP contribution in [0.15, 0.2) is 18.2 Å². The van der Waals surface area contributed by atoms with Crippen molar-refractivity contribution in [1.29, 1.82) is 0 Å². The van der Waals surface area contributed by atoms with Crippen LogP contribution >= 0.6 is 22.9 Å². The average molecular weight is 370 g/mol. The molecule has 128 valence electrons. The Labute approximate surface area is 147 Å². The van der Waals surface area contributed by atoms with Crippen LogP contribution in [-0.2, 0) is 14.3 Å². The third kappa shape index (κ3) is 3.48. The van der Waals surface area contributed by atoms with Crippen molar-refractivity contribution in [3.63, 3.8) is 0 Å². The summed E-state index contributed by atoms with van der Waals surface area (Å²) < 4.78 is 16.3. The maximum Gasteiger partial charge on any atom is 0.350 e. The molecule has 1 aliphatic heterocycles. The third-order valence-electron chi connectivity index (χ3n) is 3.71. The van der Waals surface area contributed by atoms with Crippen molar-refractivity contribution < 1.29 is 23.8 Å². The van der Waals surface area contributed by atoms with Crippen molar-refractivity contribution in [2.75, 3.05) is 40.0 Å². The summed E-state index contributed by atoms with van der Waals surface area (Å²) in [5, 5.41) is 1.09. The summed E-state index contributed by atoms with van der Waals surface area (Å²) in [5.74, 6) is -0.143. The number of amides is 1. The van der Waals surface area contributed by atoms with Crippen LogP contribution in [-0.4, -0.2) is 56.8 Å². The van der Waals surface area contributed by atoms with E-state index in [1.165, 1.54) is 11.3 Å². The molecule has 1 amide bonds. The summed E-state index contributed by atoms with van der Waals surface area (Å²) in [5.41, 5.74) is 0. The number of rotatable bonds is 4. The first kappa shape index (κ1) is 17.0. The Morgan fingerprint density at radius 3 is 2.79 bits per heavy atom. The number of esters is 1. The standard InChI is InChI=1S/C16H16ClNO5S/c1-21-10-2-3-11-12(8-10)24-15(14(11)17)16(20)23-9-13(19)18-4-6-22-7-5-18/h2-3,8H,4-7,9H2,1H3. The van der Waals surface area contributed by atoms with E-state index in [2.05, 4.69) is 0 Å². The van der Waals surface area contributed by atoms with Gasteiger partial charge in [-0.25, -0.2) is 4.79 Å². The fourth-order valence-electron chi connectivity index (χ4n) is 2.40. The molecule has 0 aliphatic carbocycles. The summed E-state index contributed by atoms with van der Waals surface area (Å²) in [4.78, 5) is 26.2. The highest BCUT2D eigenvalue weighted by molar-refractivity contribution is 7.21. The minimum absolute atomic E-state index is 0.231. The van der Waals surface area contributed by atoms with Gasteiger partial charge in [-0.15, -0.1) is 11.3 Å². The zero-order valence-electron chi connectivity index (χ0n) is 13.0. The molecule has 0 saturated carbocycles. The molecule has 1 fully saturated rings. The average Bonchev–Trinajstić information content (AvgIpc) is 2.96. The predicted molar refractivity (Wildman–Crippen MR) is 91.1 cm³/mol. The number of hydrogen-bond acceptors (Lipinski definition) is 6. The molecule has 0 N–H and O–H groups in total. The maximum atomic E-state index is 12.3. The van der Waals surface area contributed by atoms with Crippen LogP contribution in [0.4, 0.5) is 0 Å². The molecule has 0 bridgehead atoms. The molecule has 0 unspecified atom stereocenters. The van der Waals surface area contributed by atoms with E-state index < -0.39 is 5.97 Å². The van der Waals surface area contributed by atoms with Gasteiger partial charge in [-0.3, -0.25) is 4.79 Å². The van der Waals surface area contributed by atoms with Crippen LogP contribution in [0.25, 0.3) is 10.1 Å². The number of ether oxygens (including phenoxy) is 3. The summed E-state index contributed by atoms with van der Waals surface area (Å²) in [6, 6.07) is 5.38. The zero-order chi connectivity index (χ0) is 17.1. The van der Waals surface area contributed by atoms with Gasteiger partial charge in [0.2, 0.25) is 0 Å². The molecule has 0 atom stereocenters. The van der Waals surface area contributed by atoms with Gasteiger partial charge in [-0.05, 0) is 18.2 Å². The van der Waals surface area contributed by atoms with Gasteiger partial charge < -0.3 is 19.1 Å².